The Hall–Kier alpha value is -1.12. The molecule has 1 saturated carbocycles. The van der Waals surface area contributed by atoms with Gasteiger partial charge in [-0.25, -0.2) is 0 Å². The summed E-state index contributed by atoms with van der Waals surface area (Å²) in [7, 11) is 0. The molecule has 1 heterocycles. The molecule has 0 saturated heterocycles. The lowest BCUT2D eigenvalue weighted by Gasteiger charge is -2.24. The van der Waals surface area contributed by atoms with Crippen molar-refractivity contribution in [3.63, 3.8) is 0 Å². The van der Waals surface area contributed by atoms with Crippen molar-refractivity contribution in [2.45, 2.75) is 25.4 Å². The fourth-order valence-electron chi connectivity index (χ4n) is 2.18. The zero-order valence-corrected chi connectivity index (χ0v) is 7.76. The molecule has 3 heteroatoms. The molecule has 0 amide bonds. The van der Waals surface area contributed by atoms with E-state index in [1.54, 1.807) is 12.1 Å². The van der Waals surface area contributed by atoms with E-state index in [4.69, 9.17) is 4.74 Å². The molecule has 2 aliphatic rings. The van der Waals surface area contributed by atoms with Crippen LogP contribution >= 0.6 is 0 Å². The van der Waals surface area contributed by atoms with E-state index < -0.39 is 12.0 Å². The van der Waals surface area contributed by atoms with Gasteiger partial charge in [0.1, 0.15) is 5.75 Å². The summed E-state index contributed by atoms with van der Waals surface area (Å²) >= 11 is 0. The topological polar surface area (TPSA) is 9.23 Å². The predicted molar refractivity (Wildman–Crippen MR) is 47.6 cm³/mol. The molecule has 1 unspecified atom stereocenters. The smallest absolute Gasteiger partial charge is 0.401 e. The van der Waals surface area contributed by atoms with Crippen LogP contribution in [0.15, 0.2) is 18.2 Å². The van der Waals surface area contributed by atoms with Crippen molar-refractivity contribution in [2.24, 2.45) is 5.92 Å². The molecule has 1 fully saturated rings. The molecule has 74 valence electrons. The number of ether oxygens (including phenoxy) is 1. The van der Waals surface area contributed by atoms with Crippen molar-refractivity contribution in [2.75, 3.05) is 0 Å². The van der Waals surface area contributed by atoms with E-state index in [0.29, 0.717) is 12.2 Å². The van der Waals surface area contributed by atoms with Gasteiger partial charge in [-0.2, -0.15) is 8.78 Å². The van der Waals surface area contributed by atoms with Crippen molar-refractivity contribution < 1.29 is 13.5 Å². The summed E-state index contributed by atoms with van der Waals surface area (Å²) < 4.78 is 31.1. The quantitative estimate of drug-likeness (QED) is 0.619. The lowest BCUT2D eigenvalue weighted by atomic mass is 10.0. The Bertz CT molecular complexity index is 400. The van der Waals surface area contributed by atoms with Crippen LogP contribution < -0.4 is 4.74 Å². The summed E-state index contributed by atoms with van der Waals surface area (Å²) in [4.78, 5) is 0. The van der Waals surface area contributed by atoms with Crippen LogP contribution in [0.1, 0.15) is 23.5 Å². The SMILES string of the molecule is Cc1ccc2c(c1)[C@H]1CC1C(F)(F)O2. The maximum absolute atomic E-state index is 13.2. The van der Waals surface area contributed by atoms with Crippen molar-refractivity contribution in [3.8, 4) is 5.75 Å². The maximum Gasteiger partial charge on any atom is 0.401 e. The molecule has 0 N–H and O–H groups in total. The molecule has 1 aliphatic heterocycles. The third kappa shape index (κ3) is 0.982. The fourth-order valence-corrected chi connectivity index (χ4v) is 2.18. The lowest BCUT2D eigenvalue weighted by molar-refractivity contribution is -0.198. The summed E-state index contributed by atoms with van der Waals surface area (Å²) in [6, 6.07) is 5.40. The minimum atomic E-state index is -2.95. The Morgan fingerprint density at radius 1 is 1.43 bits per heavy atom. The Balaban J connectivity index is 2.11. The van der Waals surface area contributed by atoms with Gasteiger partial charge in [0.15, 0.2) is 0 Å². The van der Waals surface area contributed by atoms with E-state index in [2.05, 4.69) is 0 Å². The average Bonchev–Trinajstić information content (AvgIpc) is 2.86. The summed E-state index contributed by atoms with van der Waals surface area (Å²) in [5, 5.41) is 0. The Labute approximate surface area is 80.7 Å². The molecule has 0 aromatic heterocycles. The average molecular weight is 196 g/mol. The predicted octanol–water partition coefficient (Wildman–Crippen LogP) is 3.08. The van der Waals surface area contributed by atoms with Gasteiger partial charge in [-0.1, -0.05) is 17.7 Å². The van der Waals surface area contributed by atoms with Crippen molar-refractivity contribution in [1.82, 2.24) is 0 Å². The number of rotatable bonds is 0. The van der Waals surface area contributed by atoms with E-state index >= 15 is 0 Å². The first kappa shape index (κ1) is 8.21. The van der Waals surface area contributed by atoms with E-state index in [0.717, 1.165) is 11.1 Å². The van der Waals surface area contributed by atoms with Crippen molar-refractivity contribution in [1.29, 1.82) is 0 Å². The Morgan fingerprint density at radius 3 is 3.00 bits per heavy atom. The molecule has 1 aromatic carbocycles. The molecule has 1 aliphatic carbocycles. The molecule has 2 atom stereocenters. The van der Waals surface area contributed by atoms with E-state index in [1.807, 2.05) is 13.0 Å². The standard InChI is InChI=1S/C11H10F2O/c1-6-2-3-10-8(4-6)7-5-9(7)11(12,13)14-10/h2-4,7,9H,5H2,1H3/t7-,9?/m1/s1. The second kappa shape index (κ2) is 2.27. The second-order valence-corrected chi connectivity index (χ2v) is 4.15. The number of halogens is 2. The van der Waals surface area contributed by atoms with Crippen LogP contribution in [-0.4, -0.2) is 6.11 Å². The third-order valence-corrected chi connectivity index (χ3v) is 3.03. The van der Waals surface area contributed by atoms with Crippen LogP contribution in [0.5, 0.6) is 5.75 Å². The van der Waals surface area contributed by atoms with Crippen LogP contribution in [0.2, 0.25) is 0 Å². The summed E-state index contributed by atoms with van der Waals surface area (Å²) in [5.74, 6) is -0.204. The van der Waals surface area contributed by atoms with Gasteiger partial charge >= 0.3 is 6.11 Å². The van der Waals surface area contributed by atoms with Gasteiger partial charge in [0.05, 0.1) is 5.92 Å². The number of hydrogen-bond acceptors (Lipinski definition) is 1. The molecule has 0 spiro atoms. The van der Waals surface area contributed by atoms with Crippen LogP contribution in [0, 0.1) is 12.8 Å². The van der Waals surface area contributed by atoms with Gasteiger partial charge in [0, 0.05) is 5.92 Å². The van der Waals surface area contributed by atoms with Crippen molar-refractivity contribution >= 4 is 0 Å². The van der Waals surface area contributed by atoms with Gasteiger partial charge in [0.2, 0.25) is 0 Å². The minimum Gasteiger partial charge on any atom is -0.432 e. The maximum atomic E-state index is 13.2. The summed E-state index contributed by atoms with van der Waals surface area (Å²) in [5.41, 5.74) is 2.06. The minimum absolute atomic E-state index is 0.0219. The Kier molecular flexibility index (Phi) is 1.33. The third-order valence-electron chi connectivity index (χ3n) is 3.03. The van der Waals surface area contributed by atoms with Crippen LogP contribution in [-0.2, 0) is 0 Å². The summed E-state index contributed by atoms with van der Waals surface area (Å²) in [6.07, 6.45) is -2.39. The van der Waals surface area contributed by atoms with Crippen LogP contribution in [0.25, 0.3) is 0 Å². The first-order valence-corrected chi connectivity index (χ1v) is 4.75. The van der Waals surface area contributed by atoms with Gasteiger partial charge in [-0.15, -0.1) is 0 Å². The highest BCUT2D eigenvalue weighted by molar-refractivity contribution is 5.45. The van der Waals surface area contributed by atoms with Crippen LogP contribution in [0.3, 0.4) is 0 Å². The van der Waals surface area contributed by atoms with Gasteiger partial charge < -0.3 is 4.74 Å². The molecule has 1 nitrogen and oxygen atoms in total. The molecular weight excluding hydrogens is 186 g/mol. The molecule has 0 radical (unpaired) electrons. The highest BCUT2D eigenvalue weighted by atomic mass is 19.3. The van der Waals surface area contributed by atoms with E-state index in [-0.39, 0.29) is 5.92 Å². The lowest BCUT2D eigenvalue weighted by Crippen LogP contribution is -2.31. The summed E-state index contributed by atoms with van der Waals surface area (Å²) in [6.45, 7) is 1.96. The number of alkyl halides is 2. The Morgan fingerprint density at radius 2 is 2.21 bits per heavy atom. The number of aryl methyl sites for hydroxylation is 1. The number of benzene rings is 1. The first-order chi connectivity index (χ1) is 6.58. The first-order valence-electron chi connectivity index (χ1n) is 4.75. The van der Waals surface area contributed by atoms with E-state index in [1.165, 1.54) is 0 Å². The molecule has 0 bridgehead atoms. The van der Waals surface area contributed by atoms with Gasteiger partial charge in [-0.05, 0) is 25.0 Å². The van der Waals surface area contributed by atoms with Crippen molar-refractivity contribution in [3.05, 3.63) is 29.3 Å². The van der Waals surface area contributed by atoms with Gasteiger partial charge in [-0.3, -0.25) is 0 Å². The highest BCUT2D eigenvalue weighted by Gasteiger charge is 2.61. The zero-order valence-electron chi connectivity index (χ0n) is 7.76. The molecule has 3 rings (SSSR count). The largest absolute Gasteiger partial charge is 0.432 e. The molecule has 1 aromatic rings. The fraction of sp³-hybridized carbons (Fsp3) is 0.455. The number of hydrogen-bond donors (Lipinski definition) is 0. The second-order valence-electron chi connectivity index (χ2n) is 4.15. The number of fused-ring (bicyclic) bond motifs is 3. The zero-order chi connectivity index (χ0) is 9.92. The molecule has 14 heavy (non-hydrogen) atoms. The van der Waals surface area contributed by atoms with E-state index in [9.17, 15) is 8.78 Å². The van der Waals surface area contributed by atoms with Gasteiger partial charge in [0.25, 0.3) is 0 Å². The van der Waals surface area contributed by atoms with Crippen LogP contribution in [0.4, 0.5) is 8.78 Å². The monoisotopic (exact) mass is 196 g/mol. The normalized spacial score (nSPS) is 31.4. The highest BCUT2D eigenvalue weighted by Crippen LogP contribution is 2.61. The molecular formula is C11H10F2O.